The summed E-state index contributed by atoms with van der Waals surface area (Å²) in [5.41, 5.74) is 0.0386. The van der Waals surface area contributed by atoms with Crippen molar-refractivity contribution in [1.82, 2.24) is 5.32 Å². The number of nitrogens with one attached hydrogen (secondary N) is 1. The van der Waals surface area contributed by atoms with Gasteiger partial charge in [-0.25, -0.2) is 0 Å². The summed E-state index contributed by atoms with van der Waals surface area (Å²) >= 11 is 0. The Balaban J connectivity index is 1.87. The molecule has 0 aromatic carbocycles. The van der Waals surface area contributed by atoms with Crippen molar-refractivity contribution in [3.63, 3.8) is 0 Å². The van der Waals surface area contributed by atoms with Gasteiger partial charge in [-0.15, -0.1) is 0 Å². The van der Waals surface area contributed by atoms with Gasteiger partial charge in [-0.2, -0.15) is 5.26 Å². The Kier molecular flexibility index (Phi) is 4.62. The van der Waals surface area contributed by atoms with Crippen molar-refractivity contribution >= 4 is 0 Å². The maximum atomic E-state index is 8.72. The Morgan fingerprint density at radius 2 is 2.21 bits per heavy atom. The second kappa shape index (κ2) is 6.23. The summed E-state index contributed by atoms with van der Waals surface area (Å²) in [5.74, 6) is 1.20. The van der Waals surface area contributed by atoms with Crippen LogP contribution < -0.4 is 5.32 Å². The molecular formula is C15H22N2O2. The highest BCUT2D eigenvalue weighted by atomic mass is 16.5. The van der Waals surface area contributed by atoms with E-state index < -0.39 is 0 Å². The fourth-order valence-electron chi connectivity index (χ4n) is 2.72. The molecule has 0 amide bonds. The minimum absolute atomic E-state index is 0.0386. The second-order valence-electron chi connectivity index (χ2n) is 5.19. The van der Waals surface area contributed by atoms with Crippen LogP contribution in [0.1, 0.15) is 51.1 Å². The summed E-state index contributed by atoms with van der Waals surface area (Å²) in [7, 11) is 0. The molecule has 0 spiro atoms. The van der Waals surface area contributed by atoms with Gasteiger partial charge in [-0.05, 0) is 37.8 Å². The molecule has 4 heteroatoms. The highest BCUT2D eigenvalue weighted by molar-refractivity contribution is 5.19. The molecule has 0 saturated carbocycles. The number of ether oxygens (including phenoxy) is 1. The summed E-state index contributed by atoms with van der Waals surface area (Å²) in [4.78, 5) is 0. The van der Waals surface area contributed by atoms with Crippen molar-refractivity contribution in [2.45, 2.75) is 57.7 Å². The lowest BCUT2D eigenvalue weighted by atomic mass is 9.86. The lowest BCUT2D eigenvalue weighted by Crippen LogP contribution is -2.46. The molecule has 1 aliphatic heterocycles. The van der Waals surface area contributed by atoms with E-state index in [0.717, 1.165) is 38.1 Å². The van der Waals surface area contributed by atoms with Crippen LogP contribution in [0.15, 0.2) is 16.5 Å². The van der Waals surface area contributed by atoms with Gasteiger partial charge in [0.25, 0.3) is 0 Å². The summed E-state index contributed by atoms with van der Waals surface area (Å²) in [6.45, 7) is 5.88. The molecule has 1 aliphatic rings. The third kappa shape index (κ3) is 3.37. The Morgan fingerprint density at radius 3 is 2.84 bits per heavy atom. The highest BCUT2D eigenvalue weighted by Crippen LogP contribution is 2.31. The lowest BCUT2D eigenvalue weighted by Gasteiger charge is -2.40. The smallest absolute Gasteiger partial charge is 0.203 e. The normalized spacial score (nSPS) is 22.1. The number of furan rings is 1. The molecule has 1 atom stereocenters. The SMILES string of the molecule is CCC1(CC)CC(NCc2ccc(C#N)o2)CCO1. The minimum Gasteiger partial charge on any atom is -0.449 e. The summed E-state index contributed by atoms with van der Waals surface area (Å²) in [6, 6.07) is 6.04. The third-order valence-electron chi connectivity index (χ3n) is 4.12. The summed E-state index contributed by atoms with van der Waals surface area (Å²) < 4.78 is 11.3. The van der Waals surface area contributed by atoms with E-state index in [-0.39, 0.29) is 5.60 Å². The van der Waals surface area contributed by atoms with E-state index in [9.17, 15) is 0 Å². The molecule has 4 nitrogen and oxygen atoms in total. The van der Waals surface area contributed by atoms with E-state index >= 15 is 0 Å². The minimum atomic E-state index is 0.0386. The molecule has 0 aliphatic carbocycles. The molecule has 1 fully saturated rings. The molecule has 1 N–H and O–H groups in total. The zero-order chi connectivity index (χ0) is 13.7. The van der Waals surface area contributed by atoms with Gasteiger partial charge in [0.2, 0.25) is 5.76 Å². The molecule has 1 aromatic heterocycles. The molecule has 0 bridgehead atoms. The molecule has 1 unspecified atom stereocenters. The Labute approximate surface area is 114 Å². The Morgan fingerprint density at radius 1 is 1.42 bits per heavy atom. The molecule has 1 aromatic rings. The predicted octanol–water partition coefficient (Wildman–Crippen LogP) is 2.98. The molecule has 2 rings (SSSR count). The van der Waals surface area contributed by atoms with Crippen LogP contribution in [0.25, 0.3) is 0 Å². The lowest BCUT2D eigenvalue weighted by molar-refractivity contribution is -0.0933. The largest absolute Gasteiger partial charge is 0.449 e. The summed E-state index contributed by atoms with van der Waals surface area (Å²) in [6.07, 6.45) is 4.20. The molecule has 2 heterocycles. The van der Waals surface area contributed by atoms with E-state index in [2.05, 4.69) is 19.2 Å². The van der Waals surface area contributed by atoms with Crippen LogP contribution in [0.4, 0.5) is 0 Å². The van der Waals surface area contributed by atoms with Crippen LogP contribution in [0, 0.1) is 11.3 Å². The van der Waals surface area contributed by atoms with Gasteiger partial charge < -0.3 is 14.5 Å². The number of rotatable bonds is 5. The van der Waals surface area contributed by atoms with Crippen molar-refractivity contribution in [2.75, 3.05) is 6.61 Å². The van der Waals surface area contributed by atoms with Gasteiger partial charge in [0.1, 0.15) is 11.8 Å². The van der Waals surface area contributed by atoms with E-state index in [0.29, 0.717) is 18.3 Å². The quantitative estimate of drug-likeness (QED) is 0.886. The predicted molar refractivity (Wildman–Crippen MR) is 72.5 cm³/mol. The monoisotopic (exact) mass is 262 g/mol. The van der Waals surface area contributed by atoms with Crippen LogP contribution in [0.5, 0.6) is 0 Å². The molecule has 19 heavy (non-hydrogen) atoms. The number of hydrogen-bond donors (Lipinski definition) is 1. The van der Waals surface area contributed by atoms with Gasteiger partial charge in [0.15, 0.2) is 0 Å². The Bertz CT molecular complexity index is 443. The van der Waals surface area contributed by atoms with Crippen molar-refractivity contribution in [3.8, 4) is 6.07 Å². The van der Waals surface area contributed by atoms with Gasteiger partial charge in [0, 0.05) is 12.6 Å². The maximum Gasteiger partial charge on any atom is 0.203 e. The fourth-order valence-corrected chi connectivity index (χ4v) is 2.72. The number of hydrogen-bond acceptors (Lipinski definition) is 4. The van der Waals surface area contributed by atoms with Crippen molar-refractivity contribution < 1.29 is 9.15 Å². The third-order valence-corrected chi connectivity index (χ3v) is 4.12. The van der Waals surface area contributed by atoms with Gasteiger partial charge in [-0.3, -0.25) is 0 Å². The van der Waals surface area contributed by atoms with Crippen LogP contribution in [-0.4, -0.2) is 18.2 Å². The summed E-state index contributed by atoms with van der Waals surface area (Å²) in [5, 5.41) is 12.2. The highest BCUT2D eigenvalue weighted by Gasteiger charge is 2.34. The fraction of sp³-hybridized carbons (Fsp3) is 0.667. The van der Waals surface area contributed by atoms with Crippen LogP contribution in [0.2, 0.25) is 0 Å². The van der Waals surface area contributed by atoms with Crippen molar-refractivity contribution in [3.05, 3.63) is 23.7 Å². The van der Waals surface area contributed by atoms with Crippen LogP contribution >= 0.6 is 0 Å². The average Bonchev–Trinajstić information content (AvgIpc) is 2.93. The zero-order valence-corrected chi connectivity index (χ0v) is 11.7. The van der Waals surface area contributed by atoms with E-state index in [1.165, 1.54) is 0 Å². The molecule has 0 radical (unpaired) electrons. The zero-order valence-electron chi connectivity index (χ0n) is 11.7. The van der Waals surface area contributed by atoms with Gasteiger partial charge in [0.05, 0.1) is 12.1 Å². The first-order chi connectivity index (χ1) is 9.21. The maximum absolute atomic E-state index is 8.72. The first-order valence-corrected chi connectivity index (χ1v) is 7.07. The van der Waals surface area contributed by atoms with Crippen molar-refractivity contribution in [2.24, 2.45) is 0 Å². The molecule has 1 saturated heterocycles. The molecular weight excluding hydrogens is 240 g/mol. The number of nitriles is 1. The Hall–Kier alpha value is -1.31. The van der Waals surface area contributed by atoms with Crippen LogP contribution in [-0.2, 0) is 11.3 Å². The van der Waals surface area contributed by atoms with E-state index in [1.807, 2.05) is 12.1 Å². The number of nitrogens with zero attached hydrogens (tertiary/aromatic N) is 1. The van der Waals surface area contributed by atoms with Gasteiger partial charge >= 0.3 is 0 Å². The standard InChI is InChI=1S/C15H22N2O2/c1-3-15(4-2)9-12(7-8-18-15)17-11-14-6-5-13(10-16)19-14/h5-6,12,17H,3-4,7-9,11H2,1-2H3. The topological polar surface area (TPSA) is 58.2 Å². The van der Waals surface area contributed by atoms with E-state index in [4.69, 9.17) is 14.4 Å². The van der Waals surface area contributed by atoms with Gasteiger partial charge in [-0.1, -0.05) is 13.8 Å². The van der Waals surface area contributed by atoms with E-state index in [1.54, 1.807) is 6.07 Å². The first-order valence-electron chi connectivity index (χ1n) is 7.07. The average molecular weight is 262 g/mol. The molecule has 104 valence electrons. The first kappa shape index (κ1) is 14.1. The van der Waals surface area contributed by atoms with Crippen LogP contribution in [0.3, 0.4) is 0 Å². The second-order valence-corrected chi connectivity index (χ2v) is 5.19. The van der Waals surface area contributed by atoms with Crippen molar-refractivity contribution in [1.29, 1.82) is 5.26 Å².